The fourth-order valence-corrected chi connectivity index (χ4v) is 2.99. The van der Waals surface area contributed by atoms with Gasteiger partial charge < -0.3 is 9.47 Å². The molecule has 0 heterocycles. The Hall–Kier alpha value is -1.27. The van der Waals surface area contributed by atoms with Gasteiger partial charge in [0.25, 0.3) is 0 Å². The number of carbonyl (C=O) groups excluding carboxylic acids is 2. The zero-order valence-corrected chi connectivity index (χ0v) is 15.4. The van der Waals surface area contributed by atoms with Crippen LogP contribution in [0.2, 0.25) is 0 Å². The van der Waals surface area contributed by atoms with Gasteiger partial charge >= 0.3 is 18.1 Å². The standard InChI is InChI=1S/C18H29F3O4/c1-12(18(19,20)21)24-15(22)6-5-7-16(23)25-14-10-8-13(9-11-14)17(2,3)4/h12-14H,5-11H2,1-4H3. The summed E-state index contributed by atoms with van der Waals surface area (Å²) in [4.78, 5) is 23.1. The first-order valence-corrected chi connectivity index (χ1v) is 8.85. The number of hydrogen-bond donors (Lipinski definition) is 0. The van der Waals surface area contributed by atoms with Crippen molar-refractivity contribution >= 4 is 11.9 Å². The van der Waals surface area contributed by atoms with E-state index in [1.807, 2.05) is 0 Å². The smallest absolute Gasteiger partial charge is 0.425 e. The van der Waals surface area contributed by atoms with Crippen LogP contribution in [-0.4, -0.2) is 30.3 Å². The first-order valence-electron chi connectivity index (χ1n) is 8.85. The molecule has 1 rings (SSSR count). The molecule has 146 valence electrons. The summed E-state index contributed by atoms with van der Waals surface area (Å²) in [6.07, 6.45) is -3.20. The van der Waals surface area contributed by atoms with Crippen LogP contribution >= 0.6 is 0 Å². The molecule has 0 saturated heterocycles. The van der Waals surface area contributed by atoms with E-state index >= 15 is 0 Å². The van der Waals surface area contributed by atoms with Crippen LogP contribution in [0.4, 0.5) is 13.2 Å². The van der Waals surface area contributed by atoms with E-state index in [1.54, 1.807) is 0 Å². The highest BCUT2D eigenvalue weighted by Crippen LogP contribution is 2.38. The first-order chi connectivity index (χ1) is 11.4. The van der Waals surface area contributed by atoms with Gasteiger partial charge in [0.1, 0.15) is 6.10 Å². The molecule has 4 nitrogen and oxygen atoms in total. The lowest BCUT2D eigenvalue weighted by Gasteiger charge is -2.36. The van der Waals surface area contributed by atoms with Crippen molar-refractivity contribution in [2.75, 3.05) is 0 Å². The summed E-state index contributed by atoms with van der Waals surface area (Å²) < 4.78 is 46.5. The highest BCUT2D eigenvalue weighted by Gasteiger charge is 2.39. The Morgan fingerprint density at radius 3 is 2.00 bits per heavy atom. The van der Waals surface area contributed by atoms with Crippen LogP contribution in [0.5, 0.6) is 0 Å². The molecule has 0 amide bonds. The Morgan fingerprint density at radius 1 is 1.00 bits per heavy atom. The third kappa shape index (κ3) is 8.10. The highest BCUT2D eigenvalue weighted by atomic mass is 19.4. The van der Waals surface area contributed by atoms with Crippen molar-refractivity contribution in [3.63, 3.8) is 0 Å². The minimum Gasteiger partial charge on any atom is -0.462 e. The number of ether oxygens (including phenoxy) is 2. The zero-order chi connectivity index (χ0) is 19.3. The lowest BCUT2D eigenvalue weighted by molar-refractivity contribution is -0.216. The van der Waals surface area contributed by atoms with Gasteiger partial charge in [-0.3, -0.25) is 9.59 Å². The van der Waals surface area contributed by atoms with Gasteiger partial charge in [-0.15, -0.1) is 0 Å². The second-order valence-electron chi connectivity index (χ2n) is 7.86. The van der Waals surface area contributed by atoms with Gasteiger partial charge in [-0.25, -0.2) is 0 Å². The number of rotatable bonds is 6. The Labute approximate surface area is 147 Å². The second kappa shape index (κ2) is 8.90. The third-order valence-electron chi connectivity index (χ3n) is 4.73. The SMILES string of the molecule is CC(OC(=O)CCCC(=O)OC1CCC(C(C)(C)C)CC1)C(F)(F)F. The van der Waals surface area contributed by atoms with Crippen LogP contribution in [0.25, 0.3) is 0 Å². The summed E-state index contributed by atoms with van der Waals surface area (Å²) in [7, 11) is 0. The van der Waals surface area contributed by atoms with Crippen LogP contribution in [0, 0.1) is 11.3 Å². The van der Waals surface area contributed by atoms with Crippen molar-refractivity contribution in [3.05, 3.63) is 0 Å². The number of hydrogen-bond acceptors (Lipinski definition) is 4. The minimum atomic E-state index is -4.57. The van der Waals surface area contributed by atoms with E-state index in [0.29, 0.717) is 5.92 Å². The van der Waals surface area contributed by atoms with Gasteiger partial charge in [0.05, 0.1) is 0 Å². The van der Waals surface area contributed by atoms with Crippen molar-refractivity contribution in [1.29, 1.82) is 0 Å². The molecule has 0 aromatic rings. The summed E-state index contributed by atoms with van der Waals surface area (Å²) in [6, 6.07) is 0. The number of carbonyl (C=O) groups is 2. The predicted molar refractivity (Wildman–Crippen MR) is 86.8 cm³/mol. The molecule has 1 fully saturated rings. The molecule has 0 spiro atoms. The molecule has 0 radical (unpaired) electrons. The molecule has 1 aliphatic rings. The summed E-state index contributed by atoms with van der Waals surface area (Å²) >= 11 is 0. The van der Waals surface area contributed by atoms with Gasteiger partial charge in [0.15, 0.2) is 6.10 Å². The molecule has 1 saturated carbocycles. The maximum absolute atomic E-state index is 12.3. The third-order valence-corrected chi connectivity index (χ3v) is 4.73. The van der Waals surface area contributed by atoms with Gasteiger partial charge in [0.2, 0.25) is 0 Å². The predicted octanol–water partition coefficient (Wildman–Crippen LogP) is 4.80. The van der Waals surface area contributed by atoms with E-state index in [-0.39, 0.29) is 30.8 Å². The average Bonchev–Trinajstić information content (AvgIpc) is 2.45. The Kier molecular flexibility index (Phi) is 7.75. The number of alkyl halides is 3. The van der Waals surface area contributed by atoms with Crippen molar-refractivity contribution in [1.82, 2.24) is 0 Å². The quantitative estimate of drug-likeness (QED) is 0.634. The zero-order valence-electron chi connectivity index (χ0n) is 15.4. The molecule has 0 aromatic carbocycles. The Morgan fingerprint density at radius 2 is 1.52 bits per heavy atom. The molecule has 0 aromatic heterocycles. The maximum atomic E-state index is 12.3. The molecular weight excluding hydrogens is 337 g/mol. The largest absolute Gasteiger partial charge is 0.462 e. The van der Waals surface area contributed by atoms with Crippen LogP contribution in [-0.2, 0) is 19.1 Å². The molecule has 0 bridgehead atoms. The van der Waals surface area contributed by atoms with Crippen LogP contribution < -0.4 is 0 Å². The van der Waals surface area contributed by atoms with Crippen molar-refractivity contribution in [2.45, 2.75) is 91.0 Å². The minimum absolute atomic E-state index is 0.00863. The maximum Gasteiger partial charge on any atom is 0.425 e. The molecule has 7 heteroatoms. The van der Waals surface area contributed by atoms with E-state index in [1.165, 1.54) is 0 Å². The lowest BCUT2D eigenvalue weighted by atomic mass is 9.72. The van der Waals surface area contributed by atoms with E-state index in [0.717, 1.165) is 32.6 Å². The Balaban J connectivity index is 2.21. The van der Waals surface area contributed by atoms with Crippen LogP contribution in [0.3, 0.4) is 0 Å². The average molecular weight is 366 g/mol. The highest BCUT2D eigenvalue weighted by molar-refractivity contribution is 5.72. The van der Waals surface area contributed by atoms with E-state index in [2.05, 4.69) is 25.5 Å². The molecule has 1 aliphatic carbocycles. The topological polar surface area (TPSA) is 52.6 Å². The molecule has 0 aliphatic heterocycles. The fraction of sp³-hybridized carbons (Fsp3) is 0.889. The van der Waals surface area contributed by atoms with Gasteiger partial charge in [-0.2, -0.15) is 13.2 Å². The molecular formula is C18H29F3O4. The molecule has 1 unspecified atom stereocenters. The van der Waals surface area contributed by atoms with Crippen molar-refractivity contribution in [2.24, 2.45) is 11.3 Å². The van der Waals surface area contributed by atoms with E-state index in [4.69, 9.17) is 4.74 Å². The summed E-state index contributed by atoms with van der Waals surface area (Å²) in [5.41, 5.74) is 0.253. The van der Waals surface area contributed by atoms with Gasteiger partial charge in [0, 0.05) is 12.8 Å². The summed E-state index contributed by atoms with van der Waals surface area (Å²) in [5.74, 6) is -0.743. The van der Waals surface area contributed by atoms with Gasteiger partial charge in [-0.05, 0) is 50.4 Å². The lowest BCUT2D eigenvalue weighted by Crippen LogP contribution is -2.31. The monoisotopic (exact) mass is 366 g/mol. The molecule has 0 N–H and O–H groups in total. The first kappa shape index (κ1) is 21.8. The van der Waals surface area contributed by atoms with E-state index < -0.39 is 24.2 Å². The van der Waals surface area contributed by atoms with Gasteiger partial charge in [-0.1, -0.05) is 20.8 Å². The normalized spacial score (nSPS) is 23.0. The number of esters is 2. The second-order valence-corrected chi connectivity index (χ2v) is 7.86. The van der Waals surface area contributed by atoms with E-state index in [9.17, 15) is 22.8 Å². The summed E-state index contributed by atoms with van der Waals surface area (Å²) in [6.45, 7) is 7.41. The molecule has 25 heavy (non-hydrogen) atoms. The Bertz CT molecular complexity index is 446. The van der Waals surface area contributed by atoms with Crippen LogP contribution in [0.15, 0.2) is 0 Å². The van der Waals surface area contributed by atoms with Crippen LogP contribution in [0.1, 0.15) is 72.6 Å². The summed E-state index contributed by atoms with van der Waals surface area (Å²) in [5, 5.41) is 0. The fourth-order valence-electron chi connectivity index (χ4n) is 2.99. The van der Waals surface area contributed by atoms with Crippen molar-refractivity contribution < 1.29 is 32.2 Å². The van der Waals surface area contributed by atoms with Crippen molar-refractivity contribution in [3.8, 4) is 0 Å². The molecule has 1 atom stereocenters. The number of halogens is 3.